The van der Waals surface area contributed by atoms with Gasteiger partial charge in [-0.15, -0.1) is 35.0 Å². The van der Waals surface area contributed by atoms with Gasteiger partial charge in [0.2, 0.25) is 0 Å². The van der Waals surface area contributed by atoms with Crippen LogP contribution in [-0.2, 0) is 21.1 Å². The topological polar surface area (TPSA) is 46.0 Å². The normalized spacial score (nSPS) is 10.5. The zero-order valence-corrected chi connectivity index (χ0v) is 18.2. The molecule has 148 valence electrons. The van der Waals surface area contributed by atoms with E-state index in [4.69, 9.17) is 9.97 Å². The van der Waals surface area contributed by atoms with Crippen LogP contribution in [0.2, 0.25) is 0 Å². The van der Waals surface area contributed by atoms with Gasteiger partial charge >= 0.3 is 0 Å². The third kappa shape index (κ3) is 3.77. The molecule has 3 nitrogen and oxygen atoms in total. The molecule has 0 aliphatic heterocycles. The Morgan fingerprint density at radius 1 is 0.567 bits per heavy atom. The van der Waals surface area contributed by atoms with Crippen LogP contribution in [0, 0.1) is 6.07 Å². The number of benzene rings is 3. The molecule has 1 N–H and O–H groups in total. The third-order valence-corrected chi connectivity index (χ3v) is 4.91. The summed E-state index contributed by atoms with van der Waals surface area (Å²) in [5.74, 6) is 0.213. The van der Waals surface area contributed by atoms with Crippen LogP contribution >= 0.6 is 0 Å². The first-order valence-corrected chi connectivity index (χ1v) is 9.42. The van der Waals surface area contributed by atoms with Gasteiger partial charge in [-0.1, -0.05) is 48.0 Å². The second kappa shape index (κ2) is 8.60. The number of phenolic OH excluding ortho intramolecular Hbond substituents is 1. The Morgan fingerprint density at radius 3 is 1.87 bits per heavy atom. The monoisotopic (exact) mass is 568 g/mol. The van der Waals surface area contributed by atoms with Crippen LogP contribution in [0.3, 0.4) is 0 Å². The smallest absolute Gasteiger partial charge is 0.124 e. The SMILES string of the molecule is Oc1ccccc1-c1cccc(-c2cccc(-c3cccc4ccc[c-]c34)n2)n1.[Pt]. The summed E-state index contributed by atoms with van der Waals surface area (Å²) < 4.78 is 0. The van der Waals surface area contributed by atoms with Crippen molar-refractivity contribution in [2.24, 2.45) is 0 Å². The summed E-state index contributed by atoms with van der Waals surface area (Å²) in [6, 6.07) is 34.4. The Bertz CT molecular complexity index is 1330. The van der Waals surface area contributed by atoms with Gasteiger partial charge in [0.25, 0.3) is 0 Å². The van der Waals surface area contributed by atoms with E-state index in [1.54, 1.807) is 12.1 Å². The van der Waals surface area contributed by atoms with Crippen molar-refractivity contribution in [3.8, 4) is 39.7 Å². The minimum absolute atomic E-state index is 0. The van der Waals surface area contributed by atoms with E-state index in [9.17, 15) is 5.11 Å². The predicted octanol–water partition coefficient (Wildman–Crippen LogP) is 6.13. The first kappa shape index (κ1) is 20.0. The van der Waals surface area contributed by atoms with Gasteiger partial charge < -0.3 is 5.11 Å². The molecular weight excluding hydrogens is 551 g/mol. The second-order valence-electron chi connectivity index (χ2n) is 6.77. The number of hydrogen-bond donors (Lipinski definition) is 1. The van der Waals surface area contributed by atoms with Crippen LogP contribution in [-0.4, -0.2) is 15.1 Å². The van der Waals surface area contributed by atoms with Crippen LogP contribution in [0.1, 0.15) is 0 Å². The number of para-hydroxylation sites is 1. The van der Waals surface area contributed by atoms with E-state index in [0.717, 1.165) is 33.4 Å². The molecule has 0 spiro atoms. The third-order valence-electron chi connectivity index (χ3n) is 4.91. The van der Waals surface area contributed by atoms with Gasteiger partial charge in [0, 0.05) is 32.3 Å². The maximum Gasteiger partial charge on any atom is 0.124 e. The minimum atomic E-state index is 0. The number of aromatic hydroxyl groups is 1. The van der Waals surface area contributed by atoms with E-state index in [1.807, 2.05) is 66.7 Å². The molecule has 3 aromatic carbocycles. The van der Waals surface area contributed by atoms with E-state index in [0.29, 0.717) is 11.3 Å². The molecule has 0 bridgehead atoms. The number of hydrogen-bond acceptors (Lipinski definition) is 3. The summed E-state index contributed by atoms with van der Waals surface area (Å²) in [4.78, 5) is 9.62. The van der Waals surface area contributed by atoms with E-state index in [1.165, 1.54) is 0 Å². The Kier molecular flexibility index (Phi) is 5.74. The Balaban J connectivity index is 0.00000218. The first-order valence-electron chi connectivity index (χ1n) is 9.42. The molecule has 4 heteroatoms. The number of rotatable bonds is 3. The van der Waals surface area contributed by atoms with Gasteiger partial charge in [0.1, 0.15) is 5.75 Å². The van der Waals surface area contributed by atoms with Crippen LogP contribution in [0.15, 0.2) is 97.1 Å². The zero-order chi connectivity index (χ0) is 19.6. The van der Waals surface area contributed by atoms with Gasteiger partial charge in [-0.05, 0) is 36.4 Å². The molecule has 0 aliphatic rings. The summed E-state index contributed by atoms with van der Waals surface area (Å²) in [7, 11) is 0. The van der Waals surface area contributed by atoms with Gasteiger partial charge in [-0.3, -0.25) is 4.98 Å². The molecule has 0 radical (unpaired) electrons. The van der Waals surface area contributed by atoms with Gasteiger partial charge in [0.15, 0.2) is 0 Å². The van der Waals surface area contributed by atoms with Crippen molar-refractivity contribution in [3.63, 3.8) is 0 Å². The first-order chi connectivity index (χ1) is 14.3. The number of fused-ring (bicyclic) bond motifs is 1. The molecular formula is C26H17N2OPt-. The van der Waals surface area contributed by atoms with Crippen molar-refractivity contribution in [1.82, 2.24) is 9.97 Å². The molecule has 2 aromatic heterocycles. The molecule has 0 unspecified atom stereocenters. The Morgan fingerprint density at radius 2 is 1.13 bits per heavy atom. The van der Waals surface area contributed by atoms with Crippen LogP contribution in [0.25, 0.3) is 44.7 Å². The van der Waals surface area contributed by atoms with Gasteiger partial charge in [-0.25, -0.2) is 4.98 Å². The van der Waals surface area contributed by atoms with Crippen LogP contribution in [0.5, 0.6) is 5.75 Å². The number of nitrogens with zero attached hydrogens (tertiary/aromatic N) is 2. The molecule has 0 saturated carbocycles. The number of pyridine rings is 2. The fraction of sp³-hybridized carbons (Fsp3) is 0. The van der Waals surface area contributed by atoms with Gasteiger partial charge in [-0.2, -0.15) is 0 Å². The molecule has 5 aromatic rings. The van der Waals surface area contributed by atoms with E-state index < -0.39 is 0 Å². The van der Waals surface area contributed by atoms with Crippen molar-refractivity contribution < 1.29 is 26.2 Å². The second-order valence-corrected chi connectivity index (χ2v) is 6.77. The molecule has 0 saturated heterocycles. The zero-order valence-electron chi connectivity index (χ0n) is 15.9. The summed E-state index contributed by atoms with van der Waals surface area (Å²) in [5.41, 5.74) is 4.89. The largest absolute Gasteiger partial charge is 0.507 e. The number of phenols is 1. The summed E-state index contributed by atoms with van der Waals surface area (Å²) in [6.45, 7) is 0. The van der Waals surface area contributed by atoms with E-state index in [-0.39, 0.29) is 26.8 Å². The van der Waals surface area contributed by atoms with Crippen molar-refractivity contribution in [1.29, 1.82) is 0 Å². The minimum Gasteiger partial charge on any atom is -0.507 e. The van der Waals surface area contributed by atoms with Crippen molar-refractivity contribution in [3.05, 3.63) is 103 Å². The number of aromatic nitrogens is 2. The molecule has 5 rings (SSSR count). The van der Waals surface area contributed by atoms with Crippen molar-refractivity contribution in [2.45, 2.75) is 0 Å². The van der Waals surface area contributed by atoms with E-state index >= 15 is 0 Å². The fourth-order valence-electron chi connectivity index (χ4n) is 3.51. The van der Waals surface area contributed by atoms with Crippen LogP contribution in [0.4, 0.5) is 0 Å². The summed E-state index contributed by atoms with van der Waals surface area (Å²) in [5, 5.41) is 12.3. The molecule has 0 atom stereocenters. The Labute approximate surface area is 189 Å². The van der Waals surface area contributed by atoms with Gasteiger partial charge in [0.05, 0.1) is 17.1 Å². The van der Waals surface area contributed by atoms with Crippen molar-refractivity contribution in [2.75, 3.05) is 0 Å². The summed E-state index contributed by atoms with van der Waals surface area (Å²) in [6.07, 6.45) is 0. The average molecular weight is 569 g/mol. The van der Waals surface area contributed by atoms with Crippen LogP contribution < -0.4 is 0 Å². The molecule has 0 fully saturated rings. The average Bonchev–Trinajstić information content (AvgIpc) is 2.79. The maximum absolute atomic E-state index is 10.2. The van der Waals surface area contributed by atoms with Crippen molar-refractivity contribution >= 4 is 10.8 Å². The van der Waals surface area contributed by atoms with E-state index in [2.05, 4.69) is 24.3 Å². The fourth-order valence-corrected chi connectivity index (χ4v) is 3.51. The molecule has 30 heavy (non-hydrogen) atoms. The quantitative estimate of drug-likeness (QED) is 0.266. The summed E-state index contributed by atoms with van der Waals surface area (Å²) >= 11 is 0. The molecule has 0 amide bonds. The standard InChI is InChI=1S/C26H17N2O.Pt/c29-26-17-4-3-11-21(26)23-14-7-16-25(28-23)24-15-6-13-22(27-24)20-12-5-9-18-8-1-2-10-19(18)20;/h1-9,11-17,29H;/q-1;. The Hall–Kier alpha value is -3.29. The molecule has 0 aliphatic carbocycles. The molecule has 2 heterocycles. The predicted molar refractivity (Wildman–Crippen MR) is 116 cm³/mol. The maximum atomic E-state index is 10.2.